The second kappa shape index (κ2) is 5.61. The highest BCUT2D eigenvalue weighted by molar-refractivity contribution is 5.39. The van der Waals surface area contributed by atoms with E-state index in [9.17, 15) is 0 Å². The van der Waals surface area contributed by atoms with E-state index in [4.69, 9.17) is 4.74 Å². The summed E-state index contributed by atoms with van der Waals surface area (Å²) < 4.78 is 6.96. The molecule has 1 saturated heterocycles. The van der Waals surface area contributed by atoms with Crippen molar-refractivity contribution in [2.45, 2.75) is 38.1 Å². The fraction of sp³-hybridized carbons (Fsp3) is 0.769. The molecule has 0 amide bonds. The Labute approximate surface area is 109 Å². The number of methoxy groups -OCH3 is 1. The van der Waals surface area contributed by atoms with Crippen LogP contribution in [0.4, 0.5) is 5.82 Å². The zero-order chi connectivity index (χ0) is 13.0. The molecule has 18 heavy (non-hydrogen) atoms. The molecule has 1 aromatic heterocycles. The van der Waals surface area contributed by atoms with Crippen molar-refractivity contribution in [1.29, 1.82) is 0 Å². The summed E-state index contributed by atoms with van der Waals surface area (Å²) in [6, 6.07) is 1.94. The van der Waals surface area contributed by atoms with E-state index in [0.29, 0.717) is 0 Å². The number of nitrogens with one attached hydrogen (secondary N) is 2. The first kappa shape index (κ1) is 13.2. The fourth-order valence-electron chi connectivity index (χ4n) is 2.79. The lowest BCUT2D eigenvalue weighted by atomic mass is 9.92. The SMILES string of the molecule is CCCC1(CNc2cc(OC)n(C)n2)CCCN1. The molecule has 0 spiro atoms. The maximum absolute atomic E-state index is 5.21. The van der Waals surface area contributed by atoms with Gasteiger partial charge in [0.25, 0.3) is 0 Å². The molecule has 1 aliphatic heterocycles. The average molecular weight is 252 g/mol. The number of anilines is 1. The van der Waals surface area contributed by atoms with Crippen molar-refractivity contribution in [3.8, 4) is 5.88 Å². The van der Waals surface area contributed by atoms with Gasteiger partial charge in [-0.2, -0.15) is 5.10 Å². The highest BCUT2D eigenvalue weighted by Gasteiger charge is 2.32. The van der Waals surface area contributed by atoms with E-state index in [-0.39, 0.29) is 5.54 Å². The van der Waals surface area contributed by atoms with Crippen molar-refractivity contribution < 1.29 is 4.74 Å². The van der Waals surface area contributed by atoms with Crippen molar-refractivity contribution in [2.24, 2.45) is 7.05 Å². The molecule has 1 atom stereocenters. The molecule has 0 aromatic carbocycles. The average Bonchev–Trinajstić information content (AvgIpc) is 2.95. The summed E-state index contributed by atoms with van der Waals surface area (Å²) in [5.41, 5.74) is 0.250. The molecule has 5 nitrogen and oxygen atoms in total. The van der Waals surface area contributed by atoms with Gasteiger partial charge in [0.15, 0.2) is 5.82 Å². The summed E-state index contributed by atoms with van der Waals surface area (Å²) >= 11 is 0. The maximum atomic E-state index is 5.21. The zero-order valence-corrected chi connectivity index (χ0v) is 11.6. The summed E-state index contributed by atoms with van der Waals surface area (Å²) in [7, 11) is 3.55. The lowest BCUT2D eigenvalue weighted by Crippen LogP contribution is -2.45. The summed E-state index contributed by atoms with van der Waals surface area (Å²) in [5, 5.41) is 11.5. The summed E-state index contributed by atoms with van der Waals surface area (Å²) in [6.45, 7) is 4.31. The normalized spacial score (nSPS) is 23.3. The lowest BCUT2D eigenvalue weighted by Gasteiger charge is -2.29. The second-order valence-corrected chi connectivity index (χ2v) is 5.11. The molecule has 2 N–H and O–H groups in total. The van der Waals surface area contributed by atoms with Crippen LogP contribution in [0.1, 0.15) is 32.6 Å². The molecule has 2 heterocycles. The van der Waals surface area contributed by atoms with E-state index in [0.717, 1.165) is 24.8 Å². The number of aryl methyl sites for hydroxylation is 1. The molecule has 5 heteroatoms. The highest BCUT2D eigenvalue weighted by Crippen LogP contribution is 2.25. The third-order valence-electron chi connectivity index (χ3n) is 3.71. The van der Waals surface area contributed by atoms with Crippen molar-refractivity contribution in [1.82, 2.24) is 15.1 Å². The summed E-state index contributed by atoms with van der Waals surface area (Å²) in [5.74, 6) is 1.67. The molecule has 0 aliphatic carbocycles. The van der Waals surface area contributed by atoms with Crippen LogP contribution in [0.3, 0.4) is 0 Å². The predicted molar refractivity (Wildman–Crippen MR) is 73.1 cm³/mol. The molecule has 102 valence electrons. The molecule has 2 rings (SSSR count). The van der Waals surface area contributed by atoms with Crippen LogP contribution >= 0.6 is 0 Å². The Hall–Kier alpha value is -1.23. The van der Waals surface area contributed by atoms with Crippen molar-refractivity contribution >= 4 is 5.82 Å². The predicted octanol–water partition coefficient (Wildman–Crippen LogP) is 1.76. The Balaban J connectivity index is 1.96. The lowest BCUT2D eigenvalue weighted by molar-refractivity contribution is 0.363. The van der Waals surface area contributed by atoms with Crippen LogP contribution in [0.15, 0.2) is 6.07 Å². The molecule has 0 saturated carbocycles. The Bertz CT molecular complexity index is 382. The number of rotatable bonds is 6. The standard InChI is InChI=1S/C13H24N4O/c1-4-6-13(7-5-8-15-13)10-14-11-9-12(18-3)17(2)16-11/h9,15H,4-8,10H2,1-3H3,(H,14,16). The molecule has 1 fully saturated rings. The third-order valence-corrected chi connectivity index (χ3v) is 3.71. The van der Waals surface area contributed by atoms with Gasteiger partial charge in [-0.25, -0.2) is 4.68 Å². The van der Waals surface area contributed by atoms with Gasteiger partial charge < -0.3 is 15.4 Å². The largest absolute Gasteiger partial charge is 0.481 e. The van der Waals surface area contributed by atoms with Crippen LogP contribution in [-0.4, -0.2) is 35.5 Å². The van der Waals surface area contributed by atoms with Gasteiger partial charge in [0.2, 0.25) is 5.88 Å². The maximum Gasteiger partial charge on any atom is 0.213 e. The zero-order valence-electron chi connectivity index (χ0n) is 11.6. The van der Waals surface area contributed by atoms with Crippen LogP contribution in [0.25, 0.3) is 0 Å². The first-order valence-corrected chi connectivity index (χ1v) is 6.76. The molecule has 0 radical (unpaired) electrons. The Kier molecular flexibility index (Phi) is 4.11. The van der Waals surface area contributed by atoms with E-state index < -0.39 is 0 Å². The molecular weight excluding hydrogens is 228 g/mol. The number of hydrogen-bond acceptors (Lipinski definition) is 4. The van der Waals surface area contributed by atoms with E-state index in [1.807, 2.05) is 13.1 Å². The third kappa shape index (κ3) is 2.77. The van der Waals surface area contributed by atoms with Gasteiger partial charge in [0.05, 0.1) is 7.11 Å². The quantitative estimate of drug-likeness (QED) is 0.810. The van der Waals surface area contributed by atoms with Gasteiger partial charge in [-0.3, -0.25) is 0 Å². The first-order valence-electron chi connectivity index (χ1n) is 6.76. The molecule has 1 unspecified atom stereocenters. The molecule has 1 aliphatic rings. The van der Waals surface area contributed by atoms with E-state index >= 15 is 0 Å². The Morgan fingerprint density at radius 2 is 2.44 bits per heavy atom. The van der Waals surface area contributed by atoms with Crippen LogP contribution < -0.4 is 15.4 Å². The number of ether oxygens (including phenoxy) is 1. The van der Waals surface area contributed by atoms with Gasteiger partial charge in [-0.05, 0) is 25.8 Å². The van der Waals surface area contributed by atoms with Crippen LogP contribution in [0.2, 0.25) is 0 Å². The summed E-state index contributed by atoms with van der Waals surface area (Å²) in [4.78, 5) is 0. The summed E-state index contributed by atoms with van der Waals surface area (Å²) in [6.07, 6.45) is 4.94. The number of nitrogens with zero attached hydrogens (tertiary/aromatic N) is 2. The topological polar surface area (TPSA) is 51.1 Å². The van der Waals surface area contributed by atoms with Gasteiger partial charge in [-0.15, -0.1) is 0 Å². The minimum absolute atomic E-state index is 0.250. The second-order valence-electron chi connectivity index (χ2n) is 5.11. The Morgan fingerprint density at radius 1 is 1.61 bits per heavy atom. The van der Waals surface area contributed by atoms with Gasteiger partial charge >= 0.3 is 0 Å². The van der Waals surface area contributed by atoms with Crippen molar-refractivity contribution in [3.05, 3.63) is 6.07 Å². The van der Waals surface area contributed by atoms with Gasteiger partial charge in [-0.1, -0.05) is 13.3 Å². The van der Waals surface area contributed by atoms with E-state index in [2.05, 4.69) is 22.7 Å². The van der Waals surface area contributed by atoms with Gasteiger partial charge in [0, 0.05) is 25.2 Å². The fourth-order valence-corrected chi connectivity index (χ4v) is 2.79. The molecule has 1 aromatic rings. The van der Waals surface area contributed by atoms with Crippen LogP contribution in [0, 0.1) is 0 Å². The first-order chi connectivity index (χ1) is 8.69. The molecule has 0 bridgehead atoms. The Morgan fingerprint density at radius 3 is 3.00 bits per heavy atom. The van der Waals surface area contributed by atoms with Crippen molar-refractivity contribution in [2.75, 3.05) is 25.5 Å². The number of hydrogen-bond donors (Lipinski definition) is 2. The van der Waals surface area contributed by atoms with Crippen molar-refractivity contribution in [3.63, 3.8) is 0 Å². The smallest absolute Gasteiger partial charge is 0.213 e. The number of aromatic nitrogens is 2. The van der Waals surface area contributed by atoms with Gasteiger partial charge in [0.1, 0.15) is 0 Å². The highest BCUT2D eigenvalue weighted by atomic mass is 16.5. The monoisotopic (exact) mass is 252 g/mol. The van der Waals surface area contributed by atoms with Crippen LogP contribution in [0.5, 0.6) is 5.88 Å². The van der Waals surface area contributed by atoms with Crippen LogP contribution in [-0.2, 0) is 7.05 Å². The molecular formula is C13H24N4O. The minimum atomic E-state index is 0.250. The van der Waals surface area contributed by atoms with E-state index in [1.54, 1.807) is 11.8 Å². The minimum Gasteiger partial charge on any atom is -0.481 e. The van der Waals surface area contributed by atoms with E-state index in [1.165, 1.54) is 25.7 Å².